The molecule has 9 aromatic carbocycles. The van der Waals surface area contributed by atoms with Crippen LogP contribution in [0.1, 0.15) is 82.3 Å². The third kappa shape index (κ3) is 29.8. The van der Waals surface area contributed by atoms with Crippen LogP contribution in [0.4, 0.5) is 0 Å². The minimum absolute atomic E-state index is 0. The van der Waals surface area contributed by atoms with Gasteiger partial charge in [-0.25, -0.2) is 0 Å². The van der Waals surface area contributed by atoms with Gasteiger partial charge >= 0.3 is 0 Å². The van der Waals surface area contributed by atoms with Crippen molar-refractivity contribution >= 4 is 0 Å². The van der Waals surface area contributed by atoms with Gasteiger partial charge in [0.1, 0.15) is 28.7 Å². The highest BCUT2D eigenvalue weighted by Gasteiger charge is 1.98. The maximum absolute atomic E-state index is 8.63. The van der Waals surface area contributed by atoms with Gasteiger partial charge < -0.3 is 25.5 Å². The SMILES string of the molecule is C.CCc1ccc(-c2ccc(CC)cc2)cc1.CCc1ccc(CC)cc1.CCc1ccc(CC)cc1.Oc1ccccc1.Oc1ccccc1.Oc1ccccc1.Oc1ccccc1.Oc1ccccc1. The molecule has 378 valence electrons. The fraction of sp³-hybridized carbons (Fsp3) is 0.194. The molecule has 0 saturated heterocycles. The van der Waals surface area contributed by atoms with Crippen LogP contribution in [-0.4, -0.2) is 25.5 Å². The first-order valence-electron chi connectivity index (χ1n) is 24.6. The van der Waals surface area contributed by atoms with Gasteiger partial charge in [0, 0.05) is 0 Å². The van der Waals surface area contributed by atoms with Crippen LogP contribution in [0.15, 0.2) is 249 Å². The van der Waals surface area contributed by atoms with Gasteiger partial charge in [0.05, 0.1) is 0 Å². The number of phenolic OH excluding ortho intramolecular Hbond substituents is 5. The van der Waals surface area contributed by atoms with Crippen LogP contribution in [0.2, 0.25) is 0 Å². The van der Waals surface area contributed by atoms with Crippen LogP contribution in [0.3, 0.4) is 0 Å². The van der Waals surface area contributed by atoms with Gasteiger partial charge in [-0.15, -0.1) is 0 Å². The van der Waals surface area contributed by atoms with Crippen molar-refractivity contribution in [2.24, 2.45) is 0 Å². The largest absolute Gasteiger partial charge is 0.508 e. The normalized spacial score (nSPS) is 9.19. The minimum Gasteiger partial charge on any atom is -0.508 e. The van der Waals surface area contributed by atoms with Crippen molar-refractivity contribution in [3.63, 3.8) is 0 Å². The Hall–Kier alpha value is -8.02. The molecule has 0 bridgehead atoms. The predicted octanol–water partition coefficient (Wildman–Crippen LogP) is 17.7. The zero-order valence-corrected chi connectivity index (χ0v) is 42.7. The van der Waals surface area contributed by atoms with Crippen molar-refractivity contribution < 1.29 is 25.5 Å². The molecule has 5 heteroatoms. The summed E-state index contributed by atoms with van der Waals surface area (Å²) < 4.78 is 0. The smallest absolute Gasteiger partial charge is 0.115 e. The predicted molar refractivity (Wildman–Crippen MR) is 308 cm³/mol. The van der Waals surface area contributed by atoms with Gasteiger partial charge in [-0.05, 0) is 144 Å². The molecule has 0 spiro atoms. The lowest BCUT2D eigenvalue weighted by Crippen LogP contribution is -1.83. The Morgan fingerprint density at radius 3 is 0.417 bits per heavy atom. The number of rotatable bonds is 7. The third-order valence-electron chi connectivity index (χ3n) is 10.5. The molecule has 9 aromatic rings. The average molecular weight is 965 g/mol. The molecule has 9 rings (SSSR count). The Morgan fingerprint density at radius 2 is 0.319 bits per heavy atom. The van der Waals surface area contributed by atoms with E-state index in [1.54, 1.807) is 121 Å². The average Bonchev–Trinajstić information content (AvgIpc) is 3.43. The number of aryl methyl sites for hydroxylation is 6. The number of hydrogen-bond acceptors (Lipinski definition) is 5. The summed E-state index contributed by atoms with van der Waals surface area (Å²) in [6, 6.07) is 78.9. The second-order valence-electron chi connectivity index (χ2n) is 15.8. The zero-order valence-electron chi connectivity index (χ0n) is 42.7. The summed E-state index contributed by atoms with van der Waals surface area (Å²) in [6.07, 6.45) is 6.78. The third-order valence-corrected chi connectivity index (χ3v) is 10.5. The Kier molecular flexibility index (Phi) is 34.3. The highest BCUT2D eigenvalue weighted by molar-refractivity contribution is 5.64. The summed E-state index contributed by atoms with van der Waals surface area (Å²) >= 11 is 0. The number of benzene rings is 9. The van der Waals surface area contributed by atoms with E-state index >= 15 is 0 Å². The van der Waals surface area contributed by atoms with Crippen molar-refractivity contribution in [3.05, 3.63) is 282 Å². The van der Waals surface area contributed by atoms with Crippen LogP contribution < -0.4 is 0 Å². The summed E-state index contributed by atoms with van der Waals surface area (Å²) in [5.74, 6) is 1.61. The topological polar surface area (TPSA) is 101 Å². The molecule has 5 N–H and O–H groups in total. The van der Waals surface area contributed by atoms with Gasteiger partial charge in [0.15, 0.2) is 0 Å². The molecular weight excluding hydrogens is 885 g/mol. The summed E-state index contributed by atoms with van der Waals surface area (Å²) in [7, 11) is 0. The van der Waals surface area contributed by atoms with Crippen molar-refractivity contribution in [1.82, 2.24) is 0 Å². The molecule has 0 aliphatic heterocycles. The summed E-state index contributed by atoms with van der Waals surface area (Å²) in [5, 5.41) is 43.2. The molecule has 0 heterocycles. The van der Waals surface area contributed by atoms with Crippen molar-refractivity contribution in [2.45, 2.75) is 87.5 Å². The van der Waals surface area contributed by atoms with Crippen LogP contribution in [-0.2, 0) is 38.5 Å². The van der Waals surface area contributed by atoms with E-state index in [4.69, 9.17) is 25.5 Å². The lowest BCUT2D eigenvalue weighted by molar-refractivity contribution is 0.475. The van der Waals surface area contributed by atoms with Crippen LogP contribution >= 0.6 is 0 Å². The first-order chi connectivity index (χ1) is 34.5. The Morgan fingerprint density at radius 1 is 0.194 bits per heavy atom. The monoisotopic (exact) mass is 965 g/mol. The fourth-order valence-corrected chi connectivity index (χ4v) is 6.03. The lowest BCUT2D eigenvalue weighted by Gasteiger charge is -2.04. The standard InChI is InChI=1S/C16H18.2C10H14.5C6H6O.CH4/c1-3-13-5-9-15(10-6-13)16-11-7-14(4-2)8-12-16;2*1-3-9-5-7-10(4-2)8-6-9;5*7-6-4-2-1-3-5-6;/h5-12H,3-4H2,1-2H3;2*5-8H,3-4H2,1-2H3;5*1-5,7H;1H4. The van der Waals surface area contributed by atoms with Crippen LogP contribution in [0, 0.1) is 0 Å². The van der Waals surface area contributed by atoms with E-state index in [-0.39, 0.29) is 7.43 Å². The second kappa shape index (κ2) is 39.8. The molecular formula is C67H80O5. The van der Waals surface area contributed by atoms with E-state index in [1.807, 2.05) is 30.3 Å². The Labute approximate surface area is 433 Å². The maximum atomic E-state index is 8.63. The highest BCUT2D eigenvalue weighted by Crippen LogP contribution is 2.21. The second-order valence-corrected chi connectivity index (χ2v) is 15.8. The van der Waals surface area contributed by atoms with Crippen LogP contribution in [0.5, 0.6) is 28.7 Å². The summed E-state index contributed by atoms with van der Waals surface area (Å²) in [4.78, 5) is 0. The van der Waals surface area contributed by atoms with Gasteiger partial charge in [0.2, 0.25) is 0 Å². The molecule has 0 saturated carbocycles. The minimum atomic E-state index is 0. The molecule has 0 radical (unpaired) electrons. The van der Waals surface area contributed by atoms with E-state index in [0.29, 0.717) is 28.7 Å². The highest BCUT2D eigenvalue weighted by atomic mass is 16.3. The van der Waals surface area contributed by atoms with Crippen molar-refractivity contribution in [3.8, 4) is 39.9 Å². The van der Waals surface area contributed by atoms with Gasteiger partial charge in [-0.3, -0.25) is 0 Å². The van der Waals surface area contributed by atoms with Crippen molar-refractivity contribution in [1.29, 1.82) is 0 Å². The fourth-order valence-electron chi connectivity index (χ4n) is 6.03. The summed E-state index contributed by atoms with van der Waals surface area (Å²) in [6.45, 7) is 13.1. The molecule has 0 atom stereocenters. The van der Waals surface area contributed by atoms with E-state index in [1.165, 1.54) is 44.5 Å². The van der Waals surface area contributed by atoms with Gasteiger partial charge in [-0.1, -0.05) is 237 Å². The van der Waals surface area contributed by atoms with E-state index < -0.39 is 0 Å². The number of phenols is 5. The van der Waals surface area contributed by atoms with E-state index in [9.17, 15) is 0 Å². The summed E-state index contributed by atoms with van der Waals surface area (Å²) in [5.41, 5.74) is 11.1. The first kappa shape index (κ1) is 62.0. The number of para-hydroxylation sites is 5. The molecule has 0 aliphatic rings. The number of hydrogen-bond donors (Lipinski definition) is 5. The maximum Gasteiger partial charge on any atom is 0.115 e. The molecule has 0 amide bonds. The van der Waals surface area contributed by atoms with Crippen LogP contribution in [0.25, 0.3) is 11.1 Å². The molecule has 0 unspecified atom stereocenters. The Balaban J connectivity index is 0.000000419. The molecule has 0 aliphatic carbocycles. The molecule has 0 fully saturated rings. The molecule has 0 aromatic heterocycles. The van der Waals surface area contributed by atoms with E-state index in [0.717, 1.165) is 38.5 Å². The number of aromatic hydroxyl groups is 5. The zero-order chi connectivity index (χ0) is 51.7. The van der Waals surface area contributed by atoms with E-state index in [2.05, 4.69) is 139 Å². The molecule has 72 heavy (non-hydrogen) atoms. The first-order valence-corrected chi connectivity index (χ1v) is 24.6. The quantitative estimate of drug-likeness (QED) is 0.110. The van der Waals surface area contributed by atoms with Gasteiger partial charge in [-0.2, -0.15) is 0 Å². The van der Waals surface area contributed by atoms with Crippen molar-refractivity contribution in [2.75, 3.05) is 0 Å². The Bertz CT molecular complexity index is 2210. The molecule has 5 nitrogen and oxygen atoms in total. The van der Waals surface area contributed by atoms with Gasteiger partial charge in [0.25, 0.3) is 0 Å². The lowest BCUT2D eigenvalue weighted by atomic mass is 10.0.